The van der Waals surface area contributed by atoms with Crippen molar-refractivity contribution in [2.75, 3.05) is 32.7 Å². The molecule has 0 spiro atoms. The summed E-state index contributed by atoms with van der Waals surface area (Å²) in [5.74, 6) is 0. The summed E-state index contributed by atoms with van der Waals surface area (Å²) < 4.78 is 0. The van der Waals surface area contributed by atoms with Crippen molar-refractivity contribution in [3.63, 3.8) is 0 Å². The topological polar surface area (TPSA) is 27.6 Å². The predicted molar refractivity (Wildman–Crippen MR) is 66.4 cm³/mol. The standard InChI is InChI=1S/C12H21N3/c1-4-12(9-14-11(2)3)10-15-7-5-13-6-8-15/h4,9,13H,2,5-8,10H2,1,3H3/b12-4+,14-9?. The van der Waals surface area contributed by atoms with Crippen molar-refractivity contribution in [2.45, 2.75) is 13.8 Å². The zero-order chi connectivity index (χ0) is 11.1. The zero-order valence-electron chi connectivity index (χ0n) is 9.79. The molecule has 1 N–H and O–H groups in total. The first-order valence-electron chi connectivity index (χ1n) is 5.50. The van der Waals surface area contributed by atoms with Crippen LogP contribution in [0.2, 0.25) is 0 Å². The van der Waals surface area contributed by atoms with Gasteiger partial charge in [0, 0.05) is 44.6 Å². The molecule has 1 saturated heterocycles. The Morgan fingerprint density at radius 1 is 1.47 bits per heavy atom. The fraction of sp³-hybridized carbons (Fsp3) is 0.583. The lowest BCUT2D eigenvalue weighted by Crippen LogP contribution is -2.44. The number of aliphatic imine (C=N–C) groups is 1. The Morgan fingerprint density at radius 3 is 2.67 bits per heavy atom. The molecule has 0 aromatic carbocycles. The molecule has 0 atom stereocenters. The molecular formula is C12H21N3. The van der Waals surface area contributed by atoms with Gasteiger partial charge in [-0.25, -0.2) is 0 Å². The molecule has 1 heterocycles. The van der Waals surface area contributed by atoms with Gasteiger partial charge in [-0.1, -0.05) is 12.7 Å². The molecule has 3 nitrogen and oxygen atoms in total. The van der Waals surface area contributed by atoms with Gasteiger partial charge in [0.15, 0.2) is 0 Å². The van der Waals surface area contributed by atoms with Crippen molar-refractivity contribution >= 4 is 6.21 Å². The van der Waals surface area contributed by atoms with Crippen LogP contribution in [-0.4, -0.2) is 43.8 Å². The summed E-state index contributed by atoms with van der Waals surface area (Å²) in [7, 11) is 0. The number of piperazine rings is 1. The van der Waals surface area contributed by atoms with E-state index in [1.54, 1.807) is 0 Å². The molecule has 1 fully saturated rings. The average molecular weight is 207 g/mol. The summed E-state index contributed by atoms with van der Waals surface area (Å²) in [6.45, 7) is 13.2. The third-order valence-corrected chi connectivity index (χ3v) is 2.44. The predicted octanol–water partition coefficient (Wildman–Crippen LogP) is 1.44. The normalized spacial score (nSPS) is 19.7. The second kappa shape index (κ2) is 6.53. The molecule has 0 unspecified atom stereocenters. The van der Waals surface area contributed by atoms with Gasteiger partial charge in [0.25, 0.3) is 0 Å². The highest BCUT2D eigenvalue weighted by Crippen LogP contribution is 2.00. The van der Waals surface area contributed by atoms with Gasteiger partial charge in [-0.05, 0) is 19.4 Å². The van der Waals surface area contributed by atoms with E-state index in [4.69, 9.17) is 0 Å². The fourth-order valence-corrected chi connectivity index (χ4v) is 1.53. The first-order valence-corrected chi connectivity index (χ1v) is 5.50. The molecule has 0 amide bonds. The quantitative estimate of drug-likeness (QED) is 0.706. The van der Waals surface area contributed by atoms with Crippen molar-refractivity contribution in [3.05, 3.63) is 23.9 Å². The van der Waals surface area contributed by atoms with Crippen LogP contribution in [0.5, 0.6) is 0 Å². The van der Waals surface area contributed by atoms with E-state index in [0.717, 1.165) is 38.4 Å². The van der Waals surface area contributed by atoms with Gasteiger partial charge in [-0.15, -0.1) is 0 Å². The number of allylic oxidation sites excluding steroid dienone is 2. The second-order valence-electron chi connectivity index (χ2n) is 3.88. The van der Waals surface area contributed by atoms with Crippen LogP contribution >= 0.6 is 0 Å². The van der Waals surface area contributed by atoms with Crippen molar-refractivity contribution in [1.29, 1.82) is 0 Å². The summed E-state index contributed by atoms with van der Waals surface area (Å²) >= 11 is 0. The molecule has 0 bridgehead atoms. The van der Waals surface area contributed by atoms with Gasteiger partial charge in [-0.3, -0.25) is 9.89 Å². The van der Waals surface area contributed by atoms with E-state index in [1.165, 1.54) is 5.57 Å². The molecule has 0 aliphatic carbocycles. The van der Waals surface area contributed by atoms with Crippen molar-refractivity contribution in [3.8, 4) is 0 Å². The minimum atomic E-state index is 0.856. The molecule has 1 rings (SSSR count). The smallest absolute Gasteiger partial charge is 0.0312 e. The maximum Gasteiger partial charge on any atom is 0.0312 e. The van der Waals surface area contributed by atoms with Crippen LogP contribution in [0.4, 0.5) is 0 Å². The molecule has 0 aromatic rings. The number of hydrogen-bond acceptors (Lipinski definition) is 3. The molecule has 3 heteroatoms. The summed E-state index contributed by atoms with van der Waals surface area (Å²) in [6.07, 6.45) is 4.04. The summed E-state index contributed by atoms with van der Waals surface area (Å²) in [5.41, 5.74) is 2.12. The molecule has 15 heavy (non-hydrogen) atoms. The third kappa shape index (κ3) is 4.91. The highest BCUT2D eigenvalue weighted by Gasteiger charge is 2.09. The summed E-state index contributed by atoms with van der Waals surface area (Å²) in [4.78, 5) is 6.67. The van der Waals surface area contributed by atoms with Crippen LogP contribution in [0.25, 0.3) is 0 Å². The fourth-order valence-electron chi connectivity index (χ4n) is 1.53. The lowest BCUT2D eigenvalue weighted by atomic mass is 10.2. The Kier molecular flexibility index (Phi) is 5.29. The Labute approximate surface area is 92.6 Å². The minimum Gasteiger partial charge on any atom is -0.314 e. The molecule has 1 aliphatic rings. The van der Waals surface area contributed by atoms with Gasteiger partial charge in [0.2, 0.25) is 0 Å². The van der Waals surface area contributed by atoms with Crippen molar-refractivity contribution < 1.29 is 0 Å². The summed E-state index contributed by atoms with van der Waals surface area (Å²) in [5, 5.41) is 3.35. The van der Waals surface area contributed by atoms with E-state index in [-0.39, 0.29) is 0 Å². The lowest BCUT2D eigenvalue weighted by molar-refractivity contribution is 0.262. The van der Waals surface area contributed by atoms with E-state index >= 15 is 0 Å². The van der Waals surface area contributed by atoms with Gasteiger partial charge >= 0.3 is 0 Å². The summed E-state index contributed by atoms with van der Waals surface area (Å²) in [6, 6.07) is 0. The van der Waals surface area contributed by atoms with E-state index in [0.29, 0.717) is 0 Å². The largest absolute Gasteiger partial charge is 0.314 e. The monoisotopic (exact) mass is 207 g/mol. The first-order chi connectivity index (χ1) is 7.22. The van der Waals surface area contributed by atoms with Crippen molar-refractivity contribution in [1.82, 2.24) is 10.2 Å². The van der Waals surface area contributed by atoms with E-state index < -0.39 is 0 Å². The van der Waals surface area contributed by atoms with Crippen LogP contribution in [0.1, 0.15) is 13.8 Å². The zero-order valence-corrected chi connectivity index (χ0v) is 9.79. The number of nitrogens with one attached hydrogen (secondary N) is 1. The number of hydrogen-bond donors (Lipinski definition) is 1. The molecule has 0 saturated carbocycles. The van der Waals surface area contributed by atoms with Crippen LogP contribution < -0.4 is 5.32 Å². The number of nitrogens with zero attached hydrogens (tertiary/aromatic N) is 2. The minimum absolute atomic E-state index is 0.856. The third-order valence-electron chi connectivity index (χ3n) is 2.44. The number of rotatable bonds is 4. The Bertz CT molecular complexity index is 260. The van der Waals surface area contributed by atoms with Crippen LogP contribution in [0.15, 0.2) is 28.9 Å². The van der Waals surface area contributed by atoms with Gasteiger partial charge in [0.1, 0.15) is 0 Å². The Balaban J connectivity index is 2.42. The van der Waals surface area contributed by atoms with Crippen LogP contribution in [0.3, 0.4) is 0 Å². The van der Waals surface area contributed by atoms with Gasteiger partial charge in [-0.2, -0.15) is 0 Å². The van der Waals surface area contributed by atoms with Crippen LogP contribution in [0, 0.1) is 0 Å². The maximum atomic E-state index is 4.23. The molecule has 84 valence electrons. The highest BCUT2D eigenvalue weighted by molar-refractivity contribution is 5.79. The molecular weight excluding hydrogens is 186 g/mol. The van der Waals surface area contributed by atoms with E-state index in [9.17, 15) is 0 Å². The SMILES string of the molecule is C=C(C)N=C/C(=C\C)CN1CCNCC1. The Morgan fingerprint density at radius 2 is 2.13 bits per heavy atom. The van der Waals surface area contributed by atoms with Crippen LogP contribution in [-0.2, 0) is 0 Å². The van der Waals surface area contributed by atoms with Gasteiger partial charge < -0.3 is 5.32 Å². The van der Waals surface area contributed by atoms with Crippen molar-refractivity contribution in [2.24, 2.45) is 4.99 Å². The highest BCUT2D eigenvalue weighted by atomic mass is 15.2. The molecule has 0 aromatic heterocycles. The maximum absolute atomic E-state index is 4.23. The van der Waals surface area contributed by atoms with E-state index in [1.807, 2.05) is 13.1 Å². The Hall–Kier alpha value is -0.930. The molecule has 1 aliphatic heterocycles. The van der Waals surface area contributed by atoms with E-state index in [2.05, 4.69) is 34.8 Å². The average Bonchev–Trinajstić information content (AvgIpc) is 2.25. The lowest BCUT2D eigenvalue weighted by Gasteiger charge is -2.27. The molecule has 0 radical (unpaired) electrons. The first kappa shape index (κ1) is 12.1. The second-order valence-corrected chi connectivity index (χ2v) is 3.88. The van der Waals surface area contributed by atoms with Gasteiger partial charge in [0.05, 0.1) is 0 Å².